The topological polar surface area (TPSA) is 65.4 Å². The summed E-state index contributed by atoms with van der Waals surface area (Å²) in [6.45, 7) is 6.35. The van der Waals surface area contributed by atoms with E-state index < -0.39 is 5.54 Å². The second kappa shape index (κ2) is 8.32. The van der Waals surface area contributed by atoms with Crippen LogP contribution in [0.2, 0.25) is 0 Å². The van der Waals surface area contributed by atoms with Gasteiger partial charge in [0.2, 0.25) is 5.91 Å². The average molecular weight is 382 g/mol. The zero-order chi connectivity index (χ0) is 17.6. The van der Waals surface area contributed by atoms with Crippen molar-refractivity contribution in [3.8, 4) is 11.8 Å². The number of carbonyl (C=O) groups is 1. The normalized spacial score (nSPS) is 13.5. The van der Waals surface area contributed by atoms with Crippen molar-refractivity contribution in [3.63, 3.8) is 0 Å². The van der Waals surface area contributed by atoms with E-state index in [1.54, 1.807) is 14.0 Å². The Morgan fingerprint density at radius 1 is 1.52 bits per heavy atom. The Labute approximate surface area is 146 Å². The van der Waals surface area contributed by atoms with E-state index in [9.17, 15) is 10.1 Å². The van der Waals surface area contributed by atoms with E-state index in [-0.39, 0.29) is 18.4 Å². The maximum absolute atomic E-state index is 12.2. The lowest BCUT2D eigenvalue weighted by atomic mass is 9.90. The van der Waals surface area contributed by atoms with Gasteiger partial charge in [-0.3, -0.25) is 9.69 Å². The maximum atomic E-state index is 12.2. The molecule has 1 atom stereocenters. The summed E-state index contributed by atoms with van der Waals surface area (Å²) in [5.74, 6) is 0.649. The summed E-state index contributed by atoms with van der Waals surface area (Å²) in [6, 6.07) is 7.95. The van der Waals surface area contributed by atoms with Gasteiger partial charge in [-0.1, -0.05) is 29.8 Å². The number of hydrogen-bond acceptors (Lipinski definition) is 4. The van der Waals surface area contributed by atoms with Crippen molar-refractivity contribution in [2.24, 2.45) is 5.92 Å². The third kappa shape index (κ3) is 5.52. The summed E-state index contributed by atoms with van der Waals surface area (Å²) in [4.78, 5) is 14.1. The zero-order valence-electron chi connectivity index (χ0n) is 14.3. The van der Waals surface area contributed by atoms with Gasteiger partial charge in [0.1, 0.15) is 11.3 Å². The van der Waals surface area contributed by atoms with Crippen LogP contribution in [0.3, 0.4) is 0 Å². The summed E-state index contributed by atoms with van der Waals surface area (Å²) in [5.41, 5.74) is 0.134. The van der Waals surface area contributed by atoms with Gasteiger partial charge >= 0.3 is 0 Å². The van der Waals surface area contributed by atoms with Crippen molar-refractivity contribution >= 4 is 21.8 Å². The third-order valence-corrected chi connectivity index (χ3v) is 4.38. The van der Waals surface area contributed by atoms with E-state index in [4.69, 9.17) is 4.74 Å². The fourth-order valence-electron chi connectivity index (χ4n) is 2.09. The molecule has 6 heteroatoms. The molecule has 0 bridgehead atoms. The minimum absolute atomic E-state index is 0.0342. The van der Waals surface area contributed by atoms with Gasteiger partial charge < -0.3 is 10.1 Å². The number of nitriles is 1. The highest BCUT2D eigenvalue weighted by Crippen LogP contribution is 2.24. The molecule has 1 N–H and O–H groups in total. The number of methoxy groups -OCH3 is 1. The van der Waals surface area contributed by atoms with Crippen molar-refractivity contribution < 1.29 is 9.53 Å². The molecule has 0 aliphatic heterocycles. The molecule has 126 valence electrons. The number of carbonyl (C=O) groups excluding carboxylic acids is 1. The number of rotatable bonds is 7. The monoisotopic (exact) mass is 381 g/mol. The number of nitrogens with one attached hydrogen (secondary N) is 1. The lowest BCUT2D eigenvalue weighted by Gasteiger charge is -2.28. The number of likely N-dealkylation sites (N-methyl/N-ethyl adjacent to an activating group) is 1. The van der Waals surface area contributed by atoms with Crippen LogP contribution >= 0.6 is 15.9 Å². The molecule has 0 aliphatic rings. The highest BCUT2D eigenvalue weighted by molar-refractivity contribution is 9.10. The molecule has 5 nitrogen and oxygen atoms in total. The molecule has 0 radical (unpaired) electrons. The molecule has 1 aromatic rings. The molecule has 23 heavy (non-hydrogen) atoms. The Morgan fingerprint density at radius 2 is 2.17 bits per heavy atom. The van der Waals surface area contributed by atoms with E-state index in [0.29, 0.717) is 6.54 Å². The minimum atomic E-state index is -0.856. The van der Waals surface area contributed by atoms with Crippen LogP contribution in [0.4, 0.5) is 0 Å². The number of halogens is 1. The van der Waals surface area contributed by atoms with Crippen LogP contribution in [0.5, 0.6) is 5.75 Å². The lowest BCUT2D eigenvalue weighted by molar-refractivity contribution is -0.123. The molecule has 0 heterocycles. The van der Waals surface area contributed by atoms with E-state index in [1.165, 1.54) is 0 Å². The van der Waals surface area contributed by atoms with Gasteiger partial charge in [-0.2, -0.15) is 5.26 Å². The number of nitrogens with zero attached hydrogens (tertiary/aromatic N) is 2. The Hall–Kier alpha value is -1.58. The van der Waals surface area contributed by atoms with Gasteiger partial charge in [0.05, 0.1) is 19.7 Å². The molecule has 0 aromatic heterocycles. The van der Waals surface area contributed by atoms with Crippen LogP contribution in [0, 0.1) is 17.2 Å². The highest BCUT2D eigenvalue weighted by Gasteiger charge is 2.30. The van der Waals surface area contributed by atoms with Crippen LogP contribution in [0.1, 0.15) is 26.3 Å². The first-order chi connectivity index (χ1) is 10.7. The fourth-order valence-corrected chi connectivity index (χ4v) is 2.50. The largest absolute Gasteiger partial charge is 0.496 e. The molecule has 1 rings (SSSR count). The molecule has 1 aromatic carbocycles. The molecular weight excluding hydrogens is 358 g/mol. The average Bonchev–Trinajstić information content (AvgIpc) is 2.46. The van der Waals surface area contributed by atoms with E-state index in [0.717, 1.165) is 15.8 Å². The SMILES string of the molecule is COc1ccc(Br)cc1CN(C)CC(=O)N[C@](C)(C#N)C(C)C. The summed E-state index contributed by atoms with van der Waals surface area (Å²) >= 11 is 3.44. The highest BCUT2D eigenvalue weighted by atomic mass is 79.9. The Kier molecular flexibility index (Phi) is 7.04. The Bertz CT molecular complexity index is 598. The fraction of sp³-hybridized carbons (Fsp3) is 0.529. The second-order valence-electron chi connectivity index (χ2n) is 6.15. The molecule has 0 unspecified atom stereocenters. The van der Waals surface area contributed by atoms with E-state index in [1.807, 2.05) is 44.0 Å². The predicted molar refractivity (Wildman–Crippen MR) is 94.0 cm³/mol. The third-order valence-electron chi connectivity index (χ3n) is 3.88. The number of ether oxygens (including phenoxy) is 1. The first-order valence-electron chi connectivity index (χ1n) is 7.45. The quantitative estimate of drug-likeness (QED) is 0.788. The minimum Gasteiger partial charge on any atom is -0.496 e. The van der Waals surface area contributed by atoms with Crippen molar-refractivity contribution in [3.05, 3.63) is 28.2 Å². The standard InChI is InChI=1S/C17H24BrN3O2/c1-12(2)17(3,11-19)20-16(22)10-21(4)9-13-8-14(18)6-7-15(13)23-5/h6-8,12H,9-10H2,1-5H3,(H,20,22)/t17-/m1/s1. The molecule has 0 spiro atoms. The molecule has 0 fully saturated rings. The van der Waals surface area contributed by atoms with Gasteiger partial charge in [0, 0.05) is 16.6 Å². The van der Waals surface area contributed by atoms with Crippen LogP contribution in [-0.4, -0.2) is 37.0 Å². The van der Waals surface area contributed by atoms with Crippen molar-refractivity contribution in [1.82, 2.24) is 10.2 Å². The summed E-state index contributed by atoms with van der Waals surface area (Å²) < 4.78 is 6.31. The van der Waals surface area contributed by atoms with Crippen molar-refractivity contribution in [2.45, 2.75) is 32.9 Å². The molecule has 1 amide bonds. The van der Waals surface area contributed by atoms with Gasteiger partial charge in [0.15, 0.2) is 0 Å². The van der Waals surface area contributed by atoms with Crippen molar-refractivity contribution in [1.29, 1.82) is 5.26 Å². The van der Waals surface area contributed by atoms with Crippen LogP contribution in [0.15, 0.2) is 22.7 Å². The van der Waals surface area contributed by atoms with Crippen LogP contribution < -0.4 is 10.1 Å². The van der Waals surface area contributed by atoms with Gasteiger partial charge in [0.25, 0.3) is 0 Å². The molecule has 0 saturated heterocycles. The smallest absolute Gasteiger partial charge is 0.235 e. The number of benzene rings is 1. The number of hydrogen-bond donors (Lipinski definition) is 1. The van der Waals surface area contributed by atoms with E-state index in [2.05, 4.69) is 27.3 Å². The molecule has 0 saturated carbocycles. The van der Waals surface area contributed by atoms with Gasteiger partial charge in [-0.15, -0.1) is 0 Å². The summed E-state index contributed by atoms with van der Waals surface area (Å²) in [5, 5.41) is 12.1. The second-order valence-corrected chi connectivity index (χ2v) is 7.06. The Morgan fingerprint density at radius 3 is 2.70 bits per heavy atom. The van der Waals surface area contributed by atoms with Crippen molar-refractivity contribution in [2.75, 3.05) is 20.7 Å². The summed E-state index contributed by atoms with van der Waals surface area (Å²) in [7, 11) is 3.49. The summed E-state index contributed by atoms with van der Waals surface area (Å²) in [6.07, 6.45) is 0. The van der Waals surface area contributed by atoms with Crippen LogP contribution in [-0.2, 0) is 11.3 Å². The first kappa shape index (κ1) is 19.5. The predicted octanol–water partition coefficient (Wildman–Crippen LogP) is 2.94. The zero-order valence-corrected chi connectivity index (χ0v) is 15.9. The van der Waals surface area contributed by atoms with Gasteiger partial charge in [-0.25, -0.2) is 0 Å². The molecular formula is C17H24BrN3O2. The van der Waals surface area contributed by atoms with Gasteiger partial charge in [-0.05, 0) is 38.1 Å². The lowest BCUT2D eigenvalue weighted by Crippen LogP contribution is -2.51. The van der Waals surface area contributed by atoms with Crippen LogP contribution in [0.25, 0.3) is 0 Å². The maximum Gasteiger partial charge on any atom is 0.235 e. The first-order valence-corrected chi connectivity index (χ1v) is 8.24. The van der Waals surface area contributed by atoms with E-state index >= 15 is 0 Å². The molecule has 0 aliphatic carbocycles. The Balaban J connectivity index is 2.70. The number of amides is 1.